The Labute approximate surface area is 97.1 Å². The van der Waals surface area contributed by atoms with E-state index in [1.54, 1.807) is 30.6 Å². The van der Waals surface area contributed by atoms with E-state index in [1.807, 2.05) is 12.1 Å². The van der Waals surface area contributed by atoms with Crippen molar-refractivity contribution in [3.8, 4) is 6.07 Å². The van der Waals surface area contributed by atoms with Crippen molar-refractivity contribution in [3.05, 3.63) is 42.2 Å². The molecule has 0 aliphatic heterocycles. The van der Waals surface area contributed by atoms with Gasteiger partial charge in [0.15, 0.2) is 5.16 Å². The van der Waals surface area contributed by atoms with Crippen LogP contribution in [0.2, 0.25) is 0 Å². The maximum atomic E-state index is 8.84. The first-order chi connectivity index (χ1) is 7.79. The SMILES string of the molecule is N#Cc1cc(Sc2ncccn2)ccc1N. The fourth-order valence-electron chi connectivity index (χ4n) is 1.14. The number of hydrogen-bond acceptors (Lipinski definition) is 5. The molecule has 5 heteroatoms. The quantitative estimate of drug-likeness (QED) is 0.629. The smallest absolute Gasteiger partial charge is 0.192 e. The molecule has 4 nitrogen and oxygen atoms in total. The lowest BCUT2D eigenvalue weighted by atomic mass is 10.2. The molecule has 2 aromatic rings. The highest BCUT2D eigenvalue weighted by Gasteiger charge is 2.03. The van der Waals surface area contributed by atoms with Crippen molar-refractivity contribution in [1.82, 2.24) is 9.97 Å². The summed E-state index contributed by atoms with van der Waals surface area (Å²) in [4.78, 5) is 9.08. The number of nitrogen functional groups attached to an aromatic ring is 1. The number of nitrogens with two attached hydrogens (primary N) is 1. The van der Waals surface area contributed by atoms with E-state index in [4.69, 9.17) is 11.0 Å². The first kappa shape index (κ1) is 10.5. The zero-order valence-corrected chi connectivity index (χ0v) is 9.11. The molecule has 0 spiro atoms. The Morgan fingerprint density at radius 1 is 1.25 bits per heavy atom. The van der Waals surface area contributed by atoms with Gasteiger partial charge in [-0.05, 0) is 36.0 Å². The van der Waals surface area contributed by atoms with Crippen LogP contribution < -0.4 is 5.73 Å². The second kappa shape index (κ2) is 4.64. The summed E-state index contributed by atoms with van der Waals surface area (Å²) in [5.74, 6) is 0. The lowest BCUT2D eigenvalue weighted by molar-refractivity contribution is 0.967. The molecule has 0 radical (unpaired) electrons. The van der Waals surface area contributed by atoms with Crippen LogP contribution in [0, 0.1) is 11.3 Å². The van der Waals surface area contributed by atoms with Crippen molar-refractivity contribution in [1.29, 1.82) is 5.26 Å². The molecule has 2 N–H and O–H groups in total. The van der Waals surface area contributed by atoms with Gasteiger partial charge in [-0.15, -0.1) is 0 Å². The zero-order chi connectivity index (χ0) is 11.4. The Morgan fingerprint density at radius 3 is 2.69 bits per heavy atom. The minimum atomic E-state index is 0.473. The standard InChI is InChI=1S/C11H8N4S/c12-7-8-6-9(2-3-10(8)13)16-11-14-4-1-5-15-11/h1-6H,13H2. The Bertz CT molecular complexity index is 533. The highest BCUT2D eigenvalue weighted by atomic mass is 32.2. The molecule has 16 heavy (non-hydrogen) atoms. The molecule has 0 fully saturated rings. The van der Waals surface area contributed by atoms with Gasteiger partial charge in [-0.3, -0.25) is 0 Å². The summed E-state index contributed by atoms with van der Waals surface area (Å²) in [6.45, 7) is 0. The molecule has 2 rings (SSSR count). The highest BCUT2D eigenvalue weighted by Crippen LogP contribution is 2.26. The van der Waals surface area contributed by atoms with Gasteiger partial charge in [0, 0.05) is 23.0 Å². The van der Waals surface area contributed by atoms with E-state index in [1.165, 1.54) is 11.8 Å². The lowest BCUT2D eigenvalue weighted by Crippen LogP contribution is -1.90. The number of nitrogens with zero attached hydrogens (tertiary/aromatic N) is 3. The normalized spacial score (nSPS) is 9.69. The Kier molecular flexibility index (Phi) is 3.03. The van der Waals surface area contributed by atoms with Gasteiger partial charge in [0.2, 0.25) is 0 Å². The summed E-state index contributed by atoms with van der Waals surface area (Å²) in [6.07, 6.45) is 3.36. The Balaban J connectivity index is 2.27. The Morgan fingerprint density at radius 2 is 2.00 bits per heavy atom. The molecule has 0 saturated heterocycles. The third-order valence-electron chi connectivity index (χ3n) is 1.90. The predicted molar refractivity (Wildman–Crippen MR) is 61.7 cm³/mol. The average Bonchev–Trinajstić information content (AvgIpc) is 2.33. The van der Waals surface area contributed by atoms with E-state index < -0.39 is 0 Å². The second-order valence-corrected chi connectivity index (χ2v) is 4.03. The molecule has 0 amide bonds. The zero-order valence-electron chi connectivity index (χ0n) is 8.29. The maximum Gasteiger partial charge on any atom is 0.192 e. The molecule has 0 saturated carbocycles. The summed E-state index contributed by atoms with van der Waals surface area (Å²) in [7, 11) is 0. The van der Waals surface area contributed by atoms with Gasteiger partial charge in [0.25, 0.3) is 0 Å². The molecule has 0 bridgehead atoms. The second-order valence-electron chi connectivity index (χ2n) is 2.99. The average molecular weight is 228 g/mol. The van der Waals surface area contributed by atoms with Crippen LogP contribution in [0.5, 0.6) is 0 Å². The minimum Gasteiger partial charge on any atom is -0.398 e. The third-order valence-corrected chi connectivity index (χ3v) is 2.78. The largest absolute Gasteiger partial charge is 0.398 e. The van der Waals surface area contributed by atoms with Crippen LogP contribution in [0.3, 0.4) is 0 Å². The highest BCUT2D eigenvalue weighted by molar-refractivity contribution is 7.99. The number of rotatable bonds is 2. The van der Waals surface area contributed by atoms with Crippen LogP contribution in [0.4, 0.5) is 5.69 Å². The number of nitriles is 1. The van der Waals surface area contributed by atoms with Crippen molar-refractivity contribution in [2.24, 2.45) is 0 Å². The topological polar surface area (TPSA) is 75.6 Å². The van der Waals surface area contributed by atoms with Crippen LogP contribution in [-0.4, -0.2) is 9.97 Å². The molecule has 78 valence electrons. The Hall–Kier alpha value is -2.06. The summed E-state index contributed by atoms with van der Waals surface area (Å²) in [5, 5.41) is 9.49. The molecule has 1 aromatic carbocycles. The van der Waals surface area contributed by atoms with E-state index in [2.05, 4.69) is 9.97 Å². The van der Waals surface area contributed by atoms with Gasteiger partial charge in [0.1, 0.15) is 6.07 Å². The van der Waals surface area contributed by atoms with Crippen molar-refractivity contribution in [2.75, 3.05) is 5.73 Å². The van der Waals surface area contributed by atoms with E-state index >= 15 is 0 Å². The molecule has 0 unspecified atom stereocenters. The number of hydrogen-bond donors (Lipinski definition) is 1. The minimum absolute atomic E-state index is 0.473. The monoisotopic (exact) mass is 228 g/mol. The van der Waals surface area contributed by atoms with Gasteiger partial charge < -0.3 is 5.73 Å². The van der Waals surface area contributed by atoms with Gasteiger partial charge in [-0.25, -0.2) is 9.97 Å². The van der Waals surface area contributed by atoms with Gasteiger partial charge >= 0.3 is 0 Å². The van der Waals surface area contributed by atoms with Crippen LogP contribution in [0.15, 0.2) is 46.7 Å². The van der Waals surface area contributed by atoms with E-state index in [-0.39, 0.29) is 0 Å². The molecule has 0 atom stereocenters. The molecule has 0 aliphatic rings. The van der Waals surface area contributed by atoms with Crippen LogP contribution in [-0.2, 0) is 0 Å². The summed E-state index contributed by atoms with van der Waals surface area (Å²) >= 11 is 1.40. The van der Waals surface area contributed by atoms with E-state index in [0.29, 0.717) is 16.4 Å². The predicted octanol–water partition coefficient (Wildman–Crippen LogP) is 2.08. The molecule has 0 aliphatic carbocycles. The lowest BCUT2D eigenvalue weighted by Gasteiger charge is -2.01. The van der Waals surface area contributed by atoms with Gasteiger partial charge in [0.05, 0.1) is 5.56 Å². The van der Waals surface area contributed by atoms with Crippen molar-refractivity contribution < 1.29 is 0 Å². The fourth-order valence-corrected chi connectivity index (χ4v) is 1.89. The van der Waals surface area contributed by atoms with Crippen molar-refractivity contribution >= 4 is 17.4 Å². The van der Waals surface area contributed by atoms with Crippen molar-refractivity contribution in [2.45, 2.75) is 10.1 Å². The van der Waals surface area contributed by atoms with Crippen LogP contribution in [0.1, 0.15) is 5.56 Å². The van der Waals surface area contributed by atoms with E-state index in [0.717, 1.165) is 4.90 Å². The van der Waals surface area contributed by atoms with Crippen LogP contribution in [0.25, 0.3) is 0 Å². The first-order valence-electron chi connectivity index (χ1n) is 4.54. The van der Waals surface area contributed by atoms with Crippen molar-refractivity contribution in [3.63, 3.8) is 0 Å². The van der Waals surface area contributed by atoms with Gasteiger partial charge in [-0.1, -0.05) is 0 Å². The molecular formula is C11H8N4S. The number of benzene rings is 1. The molecule has 1 aromatic heterocycles. The first-order valence-corrected chi connectivity index (χ1v) is 5.36. The third kappa shape index (κ3) is 2.30. The summed E-state index contributed by atoms with van der Waals surface area (Å²) in [5.41, 5.74) is 6.59. The van der Waals surface area contributed by atoms with E-state index in [9.17, 15) is 0 Å². The number of aromatic nitrogens is 2. The molecular weight excluding hydrogens is 220 g/mol. The molecule has 1 heterocycles. The summed E-state index contributed by atoms with van der Waals surface area (Å²) in [6, 6.07) is 9.09. The maximum absolute atomic E-state index is 8.84. The van der Waals surface area contributed by atoms with Gasteiger partial charge in [-0.2, -0.15) is 5.26 Å². The fraction of sp³-hybridized carbons (Fsp3) is 0. The van der Waals surface area contributed by atoms with Crippen LogP contribution >= 0.6 is 11.8 Å². The number of anilines is 1. The summed E-state index contributed by atoms with van der Waals surface area (Å²) < 4.78 is 0.